The third-order valence-corrected chi connectivity index (χ3v) is 7.32. The minimum atomic E-state index is 0.947. The topological polar surface area (TPSA) is 39.3 Å². The first-order chi connectivity index (χ1) is 21.0. The fraction of sp³-hybridized carbons (Fsp3) is 0.0769. The zero-order chi connectivity index (χ0) is 29.6. The van der Waals surface area contributed by atoms with E-state index in [1.165, 1.54) is 16.7 Å². The summed E-state index contributed by atoms with van der Waals surface area (Å²) in [4.78, 5) is 2.30. The van der Waals surface area contributed by atoms with E-state index in [4.69, 9.17) is 0 Å². The lowest BCUT2D eigenvalue weighted by molar-refractivity contribution is 1.28. The Labute approximate surface area is 254 Å². The lowest BCUT2D eigenvalue weighted by atomic mass is 10.1. The minimum Gasteiger partial charge on any atom is -0.354 e. The van der Waals surface area contributed by atoms with Gasteiger partial charge in [-0.05, 0) is 110 Å². The van der Waals surface area contributed by atoms with Crippen molar-refractivity contribution in [2.75, 3.05) is 20.9 Å². The van der Waals surface area contributed by atoms with Crippen molar-refractivity contribution in [1.82, 2.24) is 0 Å². The molecular weight excluding hydrogens is 524 g/mol. The number of anilines is 9. The zero-order valence-electron chi connectivity index (χ0n) is 24.8. The molecule has 0 saturated carbocycles. The Hall–Kier alpha value is -5.48. The first-order valence-electron chi connectivity index (χ1n) is 14.6. The molecule has 0 fully saturated rings. The second-order valence-electron chi connectivity index (χ2n) is 10.9. The molecule has 0 heterocycles. The fourth-order valence-electron chi connectivity index (χ4n) is 5.33. The minimum absolute atomic E-state index is 0.947. The summed E-state index contributed by atoms with van der Waals surface area (Å²) in [5.74, 6) is 0. The molecule has 0 bridgehead atoms. The maximum absolute atomic E-state index is 3.83. The van der Waals surface area contributed by atoms with Crippen molar-refractivity contribution >= 4 is 51.2 Å². The number of benzene rings is 6. The van der Waals surface area contributed by atoms with Gasteiger partial charge in [-0.3, -0.25) is 0 Å². The molecule has 6 aromatic rings. The van der Waals surface area contributed by atoms with Gasteiger partial charge in [0.15, 0.2) is 0 Å². The highest BCUT2D eigenvalue weighted by atomic mass is 15.2. The number of hydrogen-bond acceptors (Lipinski definition) is 4. The molecule has 4 nitrogen and oxygen atoms in total. The van der Waals surface area contributed by atoms with Crippen LogP contribution >= 0.6 is 0 Å². The summed E-state index contributed by atoms with van der Waals surface area (Å²) >= 11 is 0. The molecule has 0 aromatic heterocycles. The van der Waals surface area contributed by atoms with Crippen LogP contribution in [-0.4, -0.2) is 0 Å². The van der Waals surface area contributed by atoms with Crippen LogP contribution in [0.3, 0.4) is 0 Å². The van der Waals surface area contributed by atoms with Crippen molar-refractivity contribution in [1.29, 1.82) is 0 Å². The van der Waals surface area contributed by atoms with Crippen LogP contribution in [-0.2, 0) is 0 Å². The molecule has 43 heavy (non-hydrogen) atoms. The van der Waals surface area contributed by atoms with E-state index in [0.29, 0.717) is 0 Å². The lowest BCUT2D eigenvalue weighted by Gasteiger charge is -2.30. The van der Waals surface area contributed by atoms with Gasteiger partial charge < -0.3 is 20.9 Å². The van der Waals surface area contributed by atoms with Crippen LogP contribution in [0.4, 0.5) is 51.2 Å². The fourth-order valence-corrected chi connectivity index (χ4v) is 5.33. The lowest BCUT2D eigenvalue weighted by Crippen LogP contribution is -2.13. The normalized spacial score (nSPS) is 10.7. The van der Waals surface area contributed by atoms with Crippen LogP contribution in [0.15, 0.2) is 146 Å². The summed E-state index contributed by atoms with van der Waals surface area (Å²) in [6.07, 6.45) is 0. The molecule has 0 aliphatic carbocycles. The van der Waals surface area contributed by atoms with Gasteiger partial charge in [0.1, 0.15) is 0 Å². The van der Waals surface area contributed by atoms with Crippen molar-refractivity contribution < 1.29 is 0 Å². The monoisotopic (exact) mass is 560 g/mol. The van der Waals surface area contributed by atoms with E-state index in [0.717, 1.165) is 51.2 Å². The third kappa shape index (κ3) is 6.55. The molecule has 3 N–H and O–H groups in total. The van der Waals surface area contributed by atoms with Crippen molar-refractivity contribution in [3.63, 3.8) is 0 Å². The van der Waals surface area contributed by atoms with E-state index in [1.54, 1.807) is 0 Å². The van der Waals surface area contributed by atoms with Crippen LogP contribution in [0.25, 0.3) is 0 Å². The molecule has 0 amide bonds. The zero-order valence-corrected chi connectivity index (χ0v) is 24.8. The van der Waals surface area contributed by atoms with Crippen LogP contribution in [0, 0.1) is 20.8 Å². The Balaban J connectivity index is 1.60. The van der Waals surface area contributed by atoms with Crippen LogP contribution < -0.4 is 20.9 Å². The molecule has 6 aromatic carbocycles. The van der Waals surface area contributed by atoms with Crippen LogP contribution in [0.1, 0.15) is 16.7 Å². The van der Waals surface area contributed by atoms with Gasteiger partial charge in [0, 0.05) is 28.4 Å². The second-order valence-corrected chi connectivity index (χ2v) is 10.9. The van der Waals surface area contributed by atoms with E-state index in [1.807, 2.05) is 0 Å². The molecule has 0 saturated heterocycles. The Kier molecular flexibility index (Phi) is 8.10. The molecule has 0 radical (unpaired) electrons. The molecular formula is C39H36N4. The van der Waals surface area contributed by atoms with Gasteiger partial charge in [0.2, 0.25) is 0 Å². The molecule has 0 aliphatic rings. The average molecular weight is 561 g/mol. The third-order valence-electron chi connectivity index (χ3n) is 7.32. The smallest absolute Gasteiger partial charge is 0.0889 e. The average Bonchev–Trinajstić information content (AvgIpc) is 3.01. The number of aryl methyl sites for hydroxylation is 3. The van der Waals surface area contributed by atoms with Gasteiger partial charge >= 0.3 is 0 Å². The first-order valence-corrected chi connectivity index (χ1v) is 14.6. The van der Waals surface area contributed by atoms with Crippen molar-refractivity contribution in [2.45, 2.75) is 20.8 Å². The summed E-state index contributed by atoms with van der Waals surface area (Å²) in [5.41, 5.74) is 12.7. The van der Waals surface area contributed by atoms with Gasteiger partial charge in [-0.1, -0.05) is 72.8 Å². The molecule has 6 rings (SSSR count). The molecule has 212 valence electrons. The van der Waals surface area contributed by atoms with Gasteiger partial charge in [0.05, 0.1) is 22.7 Å². The van der Waals surface area contributed by atoms with E-state index in [-0.39, 0.29) is 0 Å². The summed E-state index contributed by atoms with van der Waals surface area (Å²) in [7, 11) is 0. The van der Waals surface area contributed by atoms with Crippen LogP contribution in [0.2, 0.25) is 0 Å². The summed E-state index contributed by atoms with van der Waals surface area (Å²) in [6, 6.07) is 50.8. The molecule has 0 unspecified atom stereocenters. The van der Waals surface area contributed by atoms with E-state index < -0.39 is 0 Å². The molecule has 0 aliphatic heterocycles. The van der Waals surface area contributed by atoms with Gasteiger partial charge in [0.25, 0.3) is 0 Å². The Bertz CT molecular complexity index is 1790. The van der Waals surface area contributed by atoms with Crippen LogP contribution in [0.5, 0.6) is 0 Å². The second kappa shape index (κ2) is 12.6. The SMILES string of the molecule is Cc1cccc(Nc2ccc(N(c3ccccc3)c3ccccc3)c(Nc3cccc(C)c3)c2Nc2cccc(C)c2)c1. The van der Waals surface area contributed by atoms with Gasteiger partial charge in [-0.15, -0.1) is 0 Å². The van der Waals surface area contributed by atoms with E-state index in [2.05, 4.69) is 187 Å². The number of nitrogens with zero attached hydrogens (tertiary/aromatic N) is 1. The first kappa shape index (κ1) is 27.7. The highest BCUT2D eigenvalue weighted by molar-refractivity contribution is 6.00. The van der Waals surface area contributed by atoms with Gasteiger partial charge in [-0.2, -0.15) is 0 Å². The Morgan fingerprint density at radius 1 is 0.395 bits per heavy atom. The van der Waals surface area contributed by atoms with Gasteiger partial charge in [-0.25, -0.2) is 0 Å². The van der Waals surface area contributed by atoms with Crippen molar-refractivity contribution in [3.05, 3.63) is 162 Å². The summed E-state index contributed by atoms with van der Waals surface area (Å²) < 4.78 is 0. The van der Waals surface area contributed by atoms with Crippen molar-refractivity contribution in [2.24, 2.45) is 0 Å². The maximum Gasteiger partial charge on any atom is 0.0889 e. The predicted octanol–water partition coefficient (Wildman–Crippen LogP) is 11.3. The highest BCUT2D eigenvalue weighted by Gasteiger charge is 2.22. The number of rotatable bonds is 9. The number of nitrogens with one attached hydrogen (secondary N) is 3. The summed E-state index contributed by atoms with van der Waals surface area (Å²) in [6.45, 7) is 6.35. The quantitative estimate of drug-likeness (QED) is 0.164. The Morgan fingerprint density at radius 3 is 1.30 bits per heavy atom. The molecule has 4 heteroatoms. The number of hydrogen-bond donors (Lipinski definition) is 3. The number of para-hydroxylation sites is 2. The Morgan fingerprint density at radius 2 is 0.837 bits per heavy atom. The molecule has 0 atom stereocenters. The van der Waals surface area contributed by atoms with Crippen molar-refractivity contribution in [3.8, 4) is 0 Å². The largest absolute Gasteiger partial charge is 0.354 e. The standard InChI is InChI=1S/C39H36N4/c1-28-13-10-16-31(25-28)40-36-23-24-37(43(34-19-6-4-7-20-34)35-21-8-5-9-22-35)39(42-33-18-12-15-30(3)27-33)38(36)41-32-17-11-14-29(2)26-32/h4-27,40-42H,1-3H3. The van der Waals surface area contributed by atoms with E-state index >= 15 is 0 Å². The predicted molar refractivity (Wildman–Crippen MR) is 185 cm³/mol. The summed E-state index contributed by atoms with van der Waals surface area (Å²) in [5, 5.41) is 11.3. The maximum atomic E-state index is 3.83. The molecule has 0 spiro atoms. The van der Waals surface area contributed by atoms with E-state index in [9.17, 15) is 0 Å². The highest BCUT2D eigenvalue weighted by Crippen LogP contribution is 2.48.